The van der Waals surface area contributed by atoms with Crippen molar-refractivity contribution in [2.24, 2.45) is 0 Å². The van der Waals surface area contributed by atoms with Crippen molar-refractivity contribution in [3.8, 4) is 22.8 Å². The molecule has 1 fully saturated rings. The van der Waals surface area contributed by atoms with E-state index in [1.165, 1.54) is 0 Å². The summed E-state index contributed by atoms with van der Waals surface area (Å²) in [6.45, 7) is 3.16. The molecule has 2 aliphatic heterocycles. The molecule has 0 amide bonds. The second-order valence-electron chi connectivity index (χ2n) is 7.94. The number of carbonyl (C=O) groups excluding carboxylic acids is 1. The van der Waals surface area contributed by atoms with E-state index in [4.69, 9.17) is 14.2 Å². The lowest BCUT2D eigenvalue weighted by Gasteiger charge is -2.30. The molecule has 6 bridgehead atoms. The van der Waals surface area contributed by atoms with E-state index in [1.54, 1.807) is 6.20 Å². The second-order valence-corrected chi connectivity index (χ2v) is 7.94. The molecular formula is C25H26N4O4. The van der Waals surface area contributed by atoms with Gasteiger partial charge in [-0.15, -0.1) is 0 Å². The van der Waals surface area contributed by atoms with Crippen molar-refractivity contribution in [3.63, 3.8) is 0 Å². The molecule has 2 aromatic carbocycles. The van der Waals surface area contributed by atoms with Crippen LogP contribution in [0.1, 0.15) is 12.8 Å². The highest BCUT2D eigenvalue weighted by molar-refractivity contribution is 5.81. The fourth-order valence-corrected chi connectivity index (χ4v) is 3.95. The van der Waals surface area contributed by atoms with Crippen LogP contribution in [0.2, 0.25) is 0 Å². The maximum atomic E-state index is 11.7. The van der Waals surface area contributed by atoms with E-state index in [9.17, 15) is 4.79 Å². The Balaban J connectivity index is 1.45. The summed E-state index contributed by atoms with van der Waals surface area (Å²) < 4.78 is 17.6. The zero-order chi connectivity index (χ0) is 22.5. The molecule has 8 heteroatoms. The number of ketones is 1. The fourth-order valence-electron chi connectivity index (χ4n) is 3.95. The summed E-state index contributed by atoms with van der Waals surface area (Å²) in [6, 6.07) is 15.6. The average Bonchev–Trinajstić information content (AvgIpc) is 2.84. The molecular weight excluding hydrogens is 420 g/mol. The van der Waals surface area contributed by atoms with Crippen molar-refractivity contribution >= 4 is 23.1 Å². The minimum Gasteiger partial charge on any atom is -0.491 e. The summed E-state index contributed by atoms with van der Waals surface area (Å²) in [5.41, 5.74) is 3.54. The number of fused-ring (bicyclic) bond motifs is 7. The van der Waals surface area contributed by atoms with E-state index >= 15 is 0 Å². The van der Waals surface area contributed by atoms with Crippen LogP contribution < -0.4 is 19.7 Å². The van der Waals surface area contributed by atoms with E-state index in [1.807, 2.05) is 48.5 Å². The summed E-state index contributed by atoms with van der Waals surface area (Å²) in [5.74, 6) is 2.30. The molecule has 1 saturated heterocycles. The van der Waals surface area contributed by atoms with E-state index in [0.717, 1.165) is 34.1 Å². The van der Waals surface area contributed by atoms with Crippen molar-refractivity contribution in [2.45, 2.75) is 12.8 Å². The fraction of sp³-hybridized carbons (Fsp3) is 0.320. The minimum atomic E-state index is 0.308. The number of aromatic nitrogens is 2. The SMILES string of the molecule is O=C1CCN(c2ccc3cc2OCCOCCOc2cccc(c2)-c2ccnc(n2)N3)CC1. The van der Waals surface area contributed by atoms with Gasteiger partial charge in [0, 0.05) is 49.4 Å². The Morgan fingerprint density at radius 3 is 2.64 bits per heavy atom. The van der Waals surface area contributed by atoms with Gasteiger partial charge in [-0.1, -0.05) is 12.1 Å². The van der Waals surface area contributed by atoms with Crippen LogP contribution >= 0.6 is 0 Å². The van der Waals surface area contributed by atoms with Crippen LogP contribution in [0.25, 0.3) is 11.3 Å². The molecule has 8 nitrogen and oxygen atoms in total. The van der Waals surface area contributed by atoms with Gasteiger partial charge in [-0.3, -0.25) is 4.79 Å². The molecule has 2 aliphatic rings. The maximum absolute atomic E-state index is 11.7. The number of benzene rings is 2. The molecule has 0 saturated carbocycles. The van der Waals surface area contributed by atoms with Crippen LogP contribution in [0.5, 0.6) is 11.5 Å². The van der Waals surface area contributed by atoms with Gasteiger partial charge >= 0.3 is 0 Å². The summed E-state index contributed by atoms with van der Waals surface area (Å²) >= 11 is 0. The average molecular weight is 447 g/mol. The Morgan fingerprint density at radius 2 is 1.76 bits per heavy atom. The molecule has 33 heavy (non-hydrogen) atoms. The topological polar surface area (TPSA) is 85.8 Å². The highest BCUT2D eigenvalue weighted by Crippen LogP contribution is 2.34. The molecule has 0 unspecified atom stereocenters. The smallest absolute Gasteiger partial charge is 0.227 e. The number of rotatable bonds is 1. The van der Waals surface area contributed by atoms with Crippen molar-refractivity contribution in [1.29, 1.82) is 0 Å². The Kier molecular flexibility index (Phi) is 6.34. The van der Waals surface area contributed by atoms with E-state index in [2.05, 4.69) is 20.2 Å². The van der Waals surface area contributed by atoms with E-state index in [0.29, 0.717) is 64.1 Å². The first-order valence-corrected chi connectivity index (χ1v) is 11.2. The number of piperidine rings is 1. The van der Waals surface area contributed by atoms with Crippen molar-refractivity contribution in [3.05, 3.63) is 54.7 Å². The molecule has 3 heterocycles. The second kappa shape index (κ2) is 9.87. The monoisotopic (exact) mass is 446 g/mol. The molecule has 1 aromatic heterocycles. The van der Waals surface area contributed by atoms with Crippen molar-refractivity contribution in [2.75, 3.05) is 49.7 Å². The van der Waals surface area contributed by atoms with Gasteiger partial charge in [0.05, 0.1) is 24.6 Å². The summed E-state index contributed by atoms with van der Waals surface area (Å²) in [7, 11) is 0. The van der Waals surface area contributed by atoms with Gasteiger partial charge in [-0.2, -0.15) is 0 Å². The predicted molar refractivity (Wildman–Crippen MR) is 125 cm³/mol. The van der Waals surface area contributed by atoms with Crippen molar-refractivity contribution in [1.82, 2.24) is 9.97 Å². The van der Waals surface area contributed by atoms with Gasteiger partial charge in [-0.05, 0) is 30.3 Å². The molecule has 170 valence electrons. The largest absolute Gasteiger partial charge is 0.491 e. The van der Waals surface area contributed by atoms with Crippen LogP contribution in [-0.2, 0) is 9.53 Å². The Hall–Kier alpha value is -3.65. The van der Waals surface area contributed by atoms with E-state index in [-0.39, 0.29) is 0 Å². The van der Waals surface area contributed by atoms with Gasteiger partial charge in [-0.25, -0.2) is 9.97 Å². The van der Waals surface area contributed by atoms with Crippen LogP contribution in [0.3, 0.4) is 0 Å². The third-order valence-corrected chi connectivity index (χ3v) is 5.64. The molecule has 0 radical (unpaired) electrons. The lowest BCUT2D eigenvalue weighted by Crippen LogP contribution is -2.34. The number of hydrogen-bond acceptors (Lipinski definition) is 8. The first kappa shape index (κ1) is 21.2. The van der Waals surface area contributed by atoms with Gasteiger partial charge in [0.1, 0.15) is 30.5 Å². The number of hydrogen-bond donors (Lipinski definition) is 1. The lowest BCUT2D eigenvalue weighted by atomic mass is 10.1. The van der Waals surface area contributed by atoms with Crippen LogP contribution in [0, 0.1) is 0 Å². The van der Waals surface area contributed by atoms with Crippen LogP contribution in [0.4, 0.5) is 17.3 Å². The summed E-state index contributed by atoms with van der Waals surface area (Å²) in [6.07, 6.45) is 2.85. The quantitative estimate of drug-likeness (QED) is 0.603. The highest BCUT2D eigenvalue weighted by atomic mass is 16.5. The van der Waals surface area contributed by atoms with Crippen LogP contribution in [0.15, 0.2) is 54.7 Å². The first-order chi connectivity index (χ1) is 16.2. The van der Waals surface area contributed by atoms with Crippen molar-refractivity contribution < 1.29 is 19.0 Å². The lowest BCUT2D eigenvalue weighted by molar-refractivity contribution is -0.119. The van der Waals surface area contributed by atoms with Gasteiger partial charge in [0.15, 0.2) is 0 Å². The Morgan fingerprint density at radius 1 is 0.909 bits per heavy atom. The Bertz CT molecular complexity index is 1130. The first-order valence-electron chi connectivity index (χ1n) is 11.2. The molecule has 0 aliphatic carbocycles. The summed E-state index contributed by atoms with van der Waals surface area (Å²) in [5, 5.41) is 3.29. The number of Topliss-reactive ketones (excluding diaryl/α,β-unsaturated/α-hetero) is 1. The van der Waals surface area contributed by atoms with Crippen LogP contribution in [-0.4, -0.2) is 55.3 Å². The van der Waals surface area contributed by atoms with Gasteiger partial charge < -0.3 is 24.4 Å². The van der Waals surface area contributed by atoms with E-state index < -0.39 is 0 Å². The zero-order valence-corrected chi connectivity index (χ0v) is 18.3. The maximum Gasteiger partial charge on any atom is 0.227 e. The standard InChI is InChI=1S/C25H26N4O4/c30-20-7-10-29(11-8-20)23-5-4-19-17-24(23)33-15-13-31-12-14-32-21-3-1-2-18(16-21)22-6-9-26-25(27-19)28-22/h1-6,9,16-17H,7-8,10-15H2,(H,26,27,28). The number of nitrogens with zero attached hydrogens (tertiary/aromatic N) is 3. The third-order valence-electron chi connectivity index (χ3n) is 5.64. The minimum absolute atomic E-state index is 0.308. The number of carbonyl (C=O) groups is 1. The third kappa shape index (κ3) is 5.23. The molecule has 0 atom stereocenters. The number of anilines is 3. The molecule has 5 rings (SSSR count). The Labute approximate surface area is 192 Å². The van der Waals surface area contributed by atoms with Gasteiger partial charge in [0.2, 0.25) is 5.95 Å². The zero-order valence-electron chi connectivity index (χ0n) is 18.3. The molecule has 1 N–H and O–H groups in total. The summed E-state index contributed by atoms with van der Waals surface area (Å²) in [4.78, 5) is 22.9. The number of nitrogens with one attached hydrogen (secondary N) is 1. The van der Waals surface area contributed by atoms with Gasteiger partial charge in [0.25, 0.3) is 0 Å². The molecule has 0 spiro atoms. The normalized spacial score (nSPS) is 16.7. The highest BCUT2D eigenvalue weighted by Gasteiger charge is 2.20. The molecule has 3 aromatic rings. The number of ether oxygens (including phenoxy) is 3. The predicted octanol–water partition coefficient (Wildman–Crippen LogP) is 3.84.